The SMILES string of the molecule is C=CCn1c(-c2ccccc2)nn(C[NH+](CCOC)[C@H]2CCS(=O)(=O)C2)c1=S. The van der Waals surface area contributed by atoms with E-state index in [4.69, 9.17) is 22.1 Å². The van der Waals surface area contributed by atoms with Crippen molar-refractivity contribution in [3.05, 3.63) is 47.8 Å². The third-order valence-corrected chi connectivity index (χ3v) is 7.26. The van der Waals surface area contributed by atoms with Crippen LogP contribution in [-0.2, 0) is 27.8 Å². The Morgan fingerprint density at radius 2 is 2.14 bits per heavy atom. The van der Waals surface area contributed by atoms with E-state index in [9.17, 15) is 8.42 Å². The second-order valence-corrected chi connectivity index (χ2v) is 9.62. The second-order valence-electron chi connectivity index (χ2n) is 7.03. The minimum Gasteiger partial charge on any atom is -0.379 e. The predicted octanol–water partition coefficient (Wildman–Crippen LogP) is 0.943. The molecule has 28 heavy (non-hydrogen) atoms. The first-order valence-corrected chi connectivity index (χ1v) is 11.6. The Bertz CT molecular complexity index is 967. The molecule has 0 radical (unpaired) electrons. The molecule has 1 aliphatic heterocycles. The number of methoxy groups -OCH3 is 1. The van der Waals surface area contributed by atoms with Crippen LogP contribution in [0.25, 0.3) is 11.4 Å². The van der Waals surface area contributed by atoms with Gasteiger partial charge in [-0.2, -0.15) is 4.68 Å². The highest BCUT2D eigenvalue weighted by Gasteiger charge is 2.35. The van der Waals surface area contributed by atoms with Crippen molar-refractivity contribution in [3.63, 3.8) is 0 Å². The van der Waals surface area contributed by atoms with E-state index in [1.54, 1.807) is 17.9 Å². The zero-order valence-electron chi connectivity index (χ0n) is 16.1. The zero-order chi connectivity index (χ0) is 20.1. The fraction of sp³-hybridized carbons (Fsp3) is 0.474. The molecule has 1 aromatic carbocycles. The average Bonchev–Trinajstić information content (AvgIpc) is 3.20. The minimum absolute atomic E-state index is 0.0341. The summed E-state index contributed by atoms with van der Waals surface area (Å²) in [6, 6.07) is 9.93. The highest BCUT2D eigenvalue weighted by molar-refractivity contribution is 7.91. The molecular weight excluding hydrogens is 396 g/mol. The number of ether oxygens (including phenoxy) is 1. The average molecular weight is 424 g/mol. The van der Waals surface area contributed by atoms with Crippen molar-refractivity contribution in [2.24, 2.45) is 0 Å². The number of hydrogen-bond acceptors (Lipinski definition) is 5. The lowest BCUT2D eigenvalue weighted by atomic mass is 10.2. The first kappa shape index (κ1) is 20.9. The van der Waals surface area contributed by atoms with Gasteiger partial charge in [-0.05, 0) is 12.2 Å². The van der Waals surface area contributed by atoms with E-state index in [1.807, 2.05) is 34.9 Å². The van der Waals surface area contributed by atoms with Crippen LogP contribution >= 0.6 is 12.2 Å². The van der Waals surface area contributed by atoms with Crippen molar-refractivity contribution in [2.75, 3.05) is 31.8 Å². The number of quaternary nitrogens is 1. The van der Waals surface area contributed by atoms with Crippen LogP contribution in [0.2, 0.25) is 0 Å². The summed E-state index contributed by atoms with van der Waals surface area (Å²) in [6.45, 7) is 6.15. The molecule has 1 aliphatic rings. The first-order valence-electron chi connectivity index (χ1n) is 9.33. The summed E-state index contributed by atoms with van der Waals surface area (Å²) in [6.07, 6.45) is 2.46. The number of rotatable bonds is 9. The lowest BCUT2D eigenvalue weighted by molar-refractivity contribution is -0.945. The molecule has 1 N–H and O–H groups in total. The van der Waals surface area contributed by atoms with Gasteiger partial charge in [-0.25, -0.2) is 8.42 Å². The molecule has 2 heterocycles. The zero-order valence-corrected chi connectivity index (χ0v) is 17.7. The third kappa shape index (κ3) is 4.78. The fourth-order valence-corrected chi connectivity index (χ4v) is 5.69. The van der Waals surface area contributed by atoms with Crippen LogP contribution in [0.1, 0.15) is 6.42 Å². The van der Waals surface area contributed by atoms with Gasteiger partial charge in [0, 0.05) is 25.6 Å². The monoisotopic (exact) mass is 423 g/mol. The quantitative estimate of drug-likeness (QED) is 0.480. The third-order valence-electron chi connectivity index (χ3n) is 5.06. The second kappa shape index (κ2) is 9.13. The Balaban J connectivity index is 1.92. The lowest BCUT2D eigenvalue weighted by Crippen LogP contribution is -3.16. The number of aromatic nitrogens is 3. The molecule has 0 aliphatic carbocycles. The smallest absolute Gasteiger partial charge is 0.203 e. The molecule has 1 saturated heterocycles. The molecular formula is C19H27N4O3S2+. The maximum absolute atomic E-state index is 12.0. The van der Waals surface area contributed by atoms with Crippen LogP contribution in [0.15, 0.2) is 43.0 Å². The van der Waals surface area contributed by atoms with Gasteiger partial charge in [0.2, 0.25) is 4.77 Å². The van der Waals surface area contributed by atoms with Crippen molar-refractivity contribution >= 4 is 22.1 Å². The summed E-state index contributed by atoms with van der Waals surface area (Å²) < 4.78 is 33.5. The van der Waals surface area contributed by atoms with E-state index < -0.39 is 9.84 Å². The fourth-order valence-electron chi connectivity index (χ4n) is 3.59. The molecule has 0 spiro atoms. The topological polar surface area (TPSA) is 70.6 Å². The van der Waals surface area contributed by atoms with Crippen LogP contribution < -0.4 is 4.90 Å². The van der Waals surface area contributed by atoms with E-state index in [2.05, 4.69) is 6.58 Å². The van der Waals surface area contributed by atoms with Crippen LogP contribution in [0.5, 0.6) is 0 Å². The summed E-state index contributed by atoms with van der Waals surface area (Å²) in [7, 11) is -1.30. The van der Waals surface area contributed by atoms with Gasteiger partial charge in [-0.1, -0.05) is 36.4 Å². The van der Waals surface area contributed by atoms with Gasteiger partial charge < -0.3 is 9.64 Å². The summed E-state index contributed by atoms with van der Waals surface area (Å²) >= 11 is 5.68. The largest absolute Gasteiger partial charge is 0.379 e. The molecule has 1 fully saturated rings. The number of benzene rings is 1. The Labute approximate surface area is 171 Å². The molecule has 2 atom stereocenters. The molecule has 9 heteroatoms. The van der Waals surface area contributed by atoms with Crippen LogP contribution in [0, 0.1) is 4.77 Å². The molecule has 1 unspecified atom stereocenters. The van der Waals surface area contributed by atoms with E-state index in [1.165, 1.54) is 0 Å². The Morgan fingerprint density at radius 1 is 1.39 bits per heavy atom. The van der Waals surface area contributed by atoms with Crippen molar-refractivity contribution in [1.29, 1.82) is 0 Å². The molecule has 152 valence electrons. The molecule has 0 saturated carbocycles. The van der Waals surface area contributed by atoms with E-state index in [0.717, 1.165) is 16.3 Å². The first-order chi connectivity index (χ1) is 13.4. The van der Waals surface area contributed by atoms with E-state index in [-0.39, 0.29) is 17.5 Å². The number of nitrogens with one attached hydrogen (secondary N) is 1. The van der Waals surface area contributed by atoms with Gasteiger partial charge >= 0.3 is 0 Å². The van der Waals surface area contributed by atoms with Crippen molar-refractivity contribution < 1.29 is 18.1 Å². The molecule has 2 aromatic rings. The minimum atomic E-state index is -2.96. The van der Waals surface area contributed by atoms with Gasteiger partial charge in [-0.3, -0.25) is 4.57 Å². The number of hydrogen-bond donors (Lipinski definition) is 1. The standard InChI is InChI=1S/C19H26N4O3S2/c1-3-10-22-18(16-7-5-4-6-8-16)20-23(19(22)27)15-21(11-12-26-2)17-9-13-28(24,25)14-17/h3-8,17H,1,9-15H2,2H3/p+1/t17-/m0/s1. The summed E-state index contributed by atoms with van der Waals surface area (Å²) in [5.41, 5.74) is 0.982. The molecule has 1 aromatic heterocycles. The maximum Gasteiger partial charge on any atom is 0.203 e. The summed E-state index contributed by atoms with van der Waals surface area (Å²) in [5, 5.41) is 4.77. The maximum atomic E-state index is 12.0. The highest BCUT2D eigenvalue weighted by atomic mass is 32.2. The van der Waals surface area contributed by atoms with Crippen molar-refractivity contribution in [1.82, 2.24) is 14.3 Å². The van der Waals surface area contributed by atoms with E-state index in [0.29, 0.717) is 37.6 Å². The Hall–Kier alpha value is -1.81. The van der Waals surface area contributed by atoms with Crippen LogP contribution in [0.3, 0.4) is 0 Å². The van der Waals surface area contributed by atoms with E-state index >= 15 is 0 Å². The van der Waals surface area contributed by atoms with Gasteiger partial charge in [0.1, 0.15) is 18.3 Å². The molecule has 7 nitrogen and oxygen atoms in total. The molecule has 3 rings (SSSR count). The summed E-state index contributed by atoms with van der Waals surface area (Å²) in [5.74, 6) is 1.24. The van der Waals surface area contributed by atoms with Crippen molar-refractivity contribution in [2.45, 2.75) is 25.7 Å². The molecule has 0 amide bonds. The van der Waals surface area contributed by atoms with Crippen molar-refractivity contribution in [3.8, 4) is 11.4 Å². The highest BCUT2D eigenvalue weighted by Crippen LogP contribution is 2.18. The van der Waals surface area contributed by atoms with Gasteiger partial charge in [-0.15, -0.1) is 11.7 Å². The van der Waals surface area contributed by atoms with Gasteiger partial charge in [0.15, 0.2) is 22.3 Å². The Morgan fingerprint density at radius 3 is 2.75 bits per heavy atom. The number of nitrogens with zero attached hydrogens (tertiary/aromatic N) is 3. The Kier molecular flexibility index (Phi) is 6.82. The van der Waals surface area contributed by atoms with Gasteiger partial charge in [0.25, 0.3) is 0 Å². The molecule has 0 bridgehead atoms. The predicted molar refractivity (Wildman–Crippen MR) is 111 cm³/mol. The lowest BCUT2D eigenvalue weighted by Gasteiger charge is -2.24. The number of sulfone groups is 1. The summed E-state index contributed by atoms with van der Waals surface area (Å²) in [4.78, 5) is 1.13. The van der Waals surface area contributed by atoms with Gasteiger partial charge in [0.05, 0.1) is 12.4 Å². The number of allylic oxidation sites excluding steroid dienone is 1. The van der Waals surface area contributed by atoms with Crippen LogP contribution in [-0.4, -0.2) is 60.6 Å². The normalized spacial score (nSPS) is 19.5. The van der Waals surface area contributed by atoms with Crippen LogP contribution in [0.4, 0.5) is 0 Å².